The highest BCUT2D eigenvalue weighted by Gasteiger charge is 2.46. The maximum atomic E-state index is 13.0. The molecule has 4 amide bonds. The van der Waals surface area contributed by atoms with Gasteiger partial charge in [0.15, 0.2) is 11.3 Å². The number of piperidine rings is 2. The minimum Gasteiger partial charge on any atom is -0.473 e. The second-order valence-corrected chi connectivity index (χ2v) is 13.6. The number of halogens is 2. The van der Waals surface area contributed by atoms with Gasteiger partial charge in [-0.2, -0.15) is 0 Å². The lowest BCUT2D eigenvalue weighted by atomic mass is 9.88. The molecule has 17 nitrogen and oxygen atoms in total. The number of alkyl halides is 2. The molecule has 0 unspecified atom stereocenters. The normalized spacial score (nSPS) is 17.3. The Balaban J connectivity index is 0.000000190. The lowest BCUT2D eigenvalue weighted by molar-refractivity contribution is -0.128. The number of fused-ring (bicyclic) bond motifs is 2. The van der Waals surface area contributed by atoms with E-state index in [9.17, 15) is 28.0 Å². The van der Waals surface area contributed by atoms with Gasteiger partial charge in [-0.1, -0.05) is 13.2 Å². The van der Waals surface area contributed by atoms with Crippen LogP contribution in [0.2, 0.25) is 0 Å². The predicted molar refractivity (Wildman–Crippen MR) is 198 cm³/mol. The molecule has 19 heteroatoms. The molecule has 0 bridgehead atoms. The number of ether oxygens (including phenoxy) is 3. The van der Waals surface area contributed by atoms with Crippen LogP contribution in [0.5, 0.6) is 11.8 Å². The number of hydrogen-bond donors (Lipinski definition) is 4. The monoisotopic (exact) mass is 778 g/mol. The Hall–Kier alpha value is -5.98. The number of nitrogens with zero attached hydrogens (tertiary/aromatic N) is 6. The summed E-state index contributed by atoms with van der Waals surface area (Å²) in [6.45, 7) is 10.2. The van der Waals surface area contributed by atoms with E-state index in [1.165, 1.54) is 30.7 Å². The zero-order valence-electron chi connectivity index (χ0n) is 30.9. The molecule has 2 saturated heterocycles. The molecule has 56 heavy (non-hydrogen) atoms. The van der Waals surface area contributed by atoms with Crippen LogP contribution in [0.15, 0.2) is 50.1 Å². The molecule has 4 aromatic heterocycles. The number of aromatic amines is 2. The van der Waals surface area contributed by atoms with Crippen molar-refractivity contribution in [1.82, 2.24) is 50.3 Å². The Labute approximate surface area is 320 Å². The number of rotatable bonds is 12. The van der Waals surface area contributed by atoms with E-state index in [4.69, 9.17) is 14.2 Å². The Morgan fingerprint density at radius 1 is 0.821 bits per heavy atom. The van der Waals surface area contributed by atoms with E-state index in [-0.39, 0.29) is 54.2 Å². The highest BCUT2D eigenvalue weighted by atomic mass is 19.3. The van der Waals surface area contributed by atoms with E-state index in [1.807, 2.05) is 0 Å². The van der Waals surface area contributed by atoms with Gasteiger partial charge in [0.1, 0.15) is 23.2 Å². The van der Waals surface area contributed by atoms with Crippen molar-refractivity contribution in [3.05, 3.63) is 61.2 Å². The number of likely N-dealkylation sites (tertiary alicyclic amines) is 2. The van der Waals surface area contributed by atoms with Gasteiger partial charge in [0.05, 0.1) is 30.1 Å². The van der Waals surface area contributed by atoms with Gasteiger partial charge >= 0.3 is 0 Å². The van der Waals surface area contributed by atoms with Crippen LogP contribution in [0.1, 0.15) is 59.2 Å². The second kappa shape index (κ2) is 17.7. The van der Waals surface area contributed by atoms with Crippen LogP contribution in [0, 0.1) is 0 Å². The van der Waals surface area contributed by atoms with Gasteiger partial charge in [-0.05, 0) is 12.2 Å². The first-order valence-corrected chi connectivity index (χ1v) is 18.3. The number of aromatic nitrogens is 6. The Morgan fingerprint density at radius 2 is 1.29 bits per heavy atom. The maximum absolute atomic E-state index is 13.0. The molecular weight excluding hydrogens is 734 g/mol. The Bertz CT molecular complexity index is 2060. The highest BCUT2D eigenvalue weighted by Crippen LogP contribution is 2.37. The molecule has 2 aliphatic heterocycles. The van der Waals surface area contributed by atoms with Gasteiger partial charge in [0.2, 0.25) is 23.6 Å². The Morgan fingerprint density at radius 3 is 1.71 bits per heavy atom. The third kappa shape index (κ3) is 9.63. The number of H-pyrrole nitrogens is 2. The molecule has 7 rings (SSSR count). The molecule has 6 heterocycles. The molecule has 3 fully saturated rings. The third-order valence-corrected chi connectivity index (χ3v) is 9.66. The van der Waals surface area contributed by atoms with E-state index >= 15 is 0 Å². The molecule has 0 aromatic carbocycles. The van der Waals surface area contributed by atoms with Crippen LogP contribution in [0.3, 0.4) is 0 Å². The van der Waals surface area contributed by atoms with Crippen molar-refractivity contribution in [1.29, 1.82) is 0 Å². The first-order chi connectivity index (χ1) is 27.0. The topological polar surface area (TPSA) is 210 Å². The van der Waals surface area contributed by atoms with Crippen molar-refractivity contribution in [3.8, 4) is 11.8 Å². The fraction of sp³-hybridized carbons (Fsp3) is 0.459. The van der Waals surface area contributed by atoms with Crippen LogP contribution in [0.25, 0.3) is 22.3 Å². The van der Waals surface area contributed by atoms with Crippen LogP contribution >= 0.6 is 0 Å². The van der Waals surface area contributed by atoms with Crippen LogP contribution in [-0.2, 0) is 14.3 Å². The molecule has 3 aliphatic rings. The molecule has 0 radical (unpaired) electrons. The van der Waals surface area contributed by atoms with Crippen LogP contribution in [0.4, 0.5) is 8.78 Å². The van der Waals surface area contributed by atoms with Crippen LogP contribution in [-0.4, -0.2) is 134 Å². The van der Waals surface area contributed by atoms with Crippen LogP contribution < -0.4 is 20.1 Å². The summed E-state index contributed by atoms with van der Waals surface area (Å²) in [5, 5.41) is 5.36. The van der Waals surface area contributed by atoms with Crippen molar-refractivity contribution < 1.29 is 42.2 Å². The van der Waals surface area contributed by atoms with Crippen molar-refractivity contribution in [2.24, 2.45) is 0 Å². The molecule has 4 aromatic rings. The lowest BCUT2D eigenvalue weighted by Gasteiger charge is -2.35. The predicted octanol–water partition coefficient (Wildman–Crippen LogP) is 2.93. The number of methoxy groups -OCH3 is 1. The maximum Gasteiger partial charge on any atom is 0.255 e. The summed E-state index contributed by atoms with van der Waals surface area (Å²) in [5.41, 5.74) is 2.36. The molecule has 0 spiro atoms. The summed E-state index contributed by atoms with van der Waals surface area (Å²) >= 11 is 0. The summed E-state index contributed by atoms with van der Waals surface area (Å²) in [7, 11) is 1.57. The number of nitrogens with one attached hydrogen (secondary N) is 4. The fourth-order valence-corrected chi connectivity index (χ4v) is 6.59. The average molecular weight is 779 g/mol. The summed E-state index contributed by atoms with van der Waals surface area (Å²) in [5.74, 6) is -2.95. The molecule has 298 valence electrons. The van der Waals surface area contributed by atoms with Gasteiger partial charge < -0.3 is 44.6 Å². The summed E-state index contributed by atoms with van der Waals surface area (Å²) in [6, 6.07) is -0.543. The first-order valence-electron chi connectivity index (χ1n) is 18.3. The van der Waals surface area contributed by atoms with Crippen molar-refractivity contribution in [2.45, 2.75) is 62.7 Å². The quantitative estimate of drug-likeness (QED) is 0.121. The zero-order chi connectivity index (χ0) is 39.8. The number of carbonyl (C=O) groups excluding carboxylic acids is 4. The van der Waals surface area contributed by atoms with Crippen molar-refractivity contribution >= 4 is 46.0 Å². The van der Waals surface area contributed by atoms with E-state index in [0.29, 0.717) is 98.8 Å². The van der Waals surface area contributed by atoms with Gasteiger partial charge in [0.25, 0.3) is 17.7 Å². The first kappa shape index (κ1) is 39.7. The number of amides is 4. The SMILES string of the molecule is C=CC(=O)N1CCC(Oc2cnc3[nH]cc(C(=O)NC4CC(F)(F)C4)c3n2)CC1.C=CC(=O)N1CCC(Oc2cnc3[nH]cc(C(=O)NCCOC)c3n2)CC1. The minimum atomic E-state index is -2.70. The van der Waals surface area contributed by atoms with Gasteiger partial charge in [-0.3, -0.25) is 19.2 Å². The standard InChI is InChI=1S/C19H21F2N5O3.C18H23N5O4/c1-2-15(27)26-5-3-12(4-6-26)29-14-10-23-17-16(25-14)13(9-22-17)18(28)24-11-7-19(20,21)8-11;1-3-15(24)23-7-4-12(5-8-23)27-14-11-21-17-16(22-14)13(10-20-17)18(25)19-6-9-26-2/h2,9-12H,1,3-8H2,(H,22,23)(H,24,28);3,10-12H,1,4-9H2,2H3,(H,19,25)(H,20,21). The molecule has 4 N–H and O–H groups in total. The highest BCUT2D eigenvalue weighted by molar-refractivity contribution is 6.05. The van der Waals surface area contributed by atoms with E-state index in [2.05, 4.69) is 53.7 Å². The smallest absolute Gasteiger partial charge is 0.255 e. The summed E-state index contributed by atoms with van der Waals surface area (Å²) in [4.78, 5) is 74.6. The largest absolute Gasteiger partial charge is 0.473 e. The van der Waals surface area contributed by atoms with E-state index < -0.39 is 17.9 Å². The van der Waals surface area contributed by atoms with Crippen molar-refractivity contribution in [3.63, 3.8) is 0 Å². The average Bonchev–Trinajstić information content (AvgIpc) is 3.82. The van der Waals surface area contributed by atoms with E-state index in [0.717, 1.165) is 0 Å². The minimum absolute atomic E-state index is 0.0523. The zero-order valence-corrected chi connectivity index (χ0v) is 30.9. The summed E-state index contributed by atoms with van der Waals surface area (Å²) in [6.07, 6.45) is 10.5. The van der Waals surface area contributed by atoms with Gasteiger partial charge in [-0.15, -0.1) is 0 Å². The lowest BCUT2D eigenvalue weighted by Crippen LogP contribution is -2.50. The van der Waals surface area contributed by atoms with E-state index in [1.54, 1.807) is 23.1 Å². The third-order valence-electron chi connectivity index (χ3n) is 9.66. The molecule has 0 atom stereocenters. The van der Waals surface area contributed by atoms with Gasteiger partial charge in [0, 0.05) is 96.8 Å². The Kier molecular flexibility index (Phi) is 12.5. The van der Waals surface area contributed by atoms with Gasteiger partial charge in [-0.25, -0.2) is 28.7 Å². The molecule has 1 saturated carbocycles. The number of hydrogen-bond acceptors (Lipinski definition) is 11. The summed E-state index contributed by atoms with van der Waals surface area (Å²) < 4.78 is 42.7. The number of carbonyl (C=O) groups is 4. The van der Waals surface area contributed by atoms with Crippen molar-refractivity contribution in [2.75, 3.05) is 46.4 Å². The fourth-order valence-electron chi connectivity index (χ4n) is 6.59. The molecule has 1 aliphatic carbocycles. The second-order valence-electron chi connectivity index (χ2n) is 13.6. The molecular formula is C37H44F2N10O7.